The third-order valence-electron chi connectivity index (χ3n) is 1.64. The average molecular weight is 193 g/mol. The van der Waals surface area contributed by atoms with Crippen molar-refractivity contribution in [2.75, 3.05) is 6.61 Å². The lowest BCUT2D eigenvalue weighted by atomic mass is 10.4. The summed E-state index contributed by atoms with van der Waals surface area (Å²) >= 11 is 0. The third-order valence-corrected chi connectivity index (χ3v) is 1.64. The van der Waals surface area contributed by atoms with Crippen LogP contribution in [-0.2, 0) is 11.3 Å². The van der Waals surface area contributed by atoms with E-state index in [9.17, 15) is 4.79 Å². The van der Waals surface area contributed by atoms with Crippen LogP contribution in [0.25, 0.3) is 0 Å². The van der Waals surface area contributed by atoms with Crippen molar-refractivity contribution >= 4 is 5.97 Å². The number of carbonyl (C=O) groups is 1. The van der Waals surface area contributed by atoms with Crippen LogP contribution in [-0.4, -0.2) is 22.1 Å². The van der Waals surface area contributed by atoms with Gasteiger partial charge in [0.15, 0.2) is 0 Å². The molecule has 1 aromatic heterocycles. The second kappa shape index (κ2) is 5.02. The van der Waals surface area contributed by atoms with Gasteiger partial charge in [0.2, 0.25) is 5.82 Å². The maximum absolute atomic E-state index is 11.3. The van der Waals surface area contributed by atoms with Gasteiger partial charge in [-0.3, -0.25) is 0 Å². The topological polar surface area (TPSA) is 67.9 Å². The first-order valence-corrected chi connectivity index (χ1v) is 4.34. The average Bonchev–Trinajstić information content (AvgIpc) is 2.63. The highest BCUT2D eigenvalue weighted by atomic mass is 16.5. The van der Waals surface area contributed by atoms with Crippen molar-refractivity contribution in [3.05, 3.63) is 18.2 Å². The van der Waals surface area contributed by atoms with Gasteiger partial charge in [0, 0.05) is 18.9 Å². The van der Waals surface area contributed by atoms with E-state index in [1.54, 1.807) is 17.7 Å². The van der Waals surface area contributed by atoms with E-state index in [4.69, 9.17) is 10.00 Å². The second-order valence-electron chi connectivity index (χ2n) is 2.57. The summed E-state index contributed by atoms with van der Waals surface area (Å²) in [6, 6.07) is 2.00. The molecule has 0 aliphatic heterocycles. The van der Waals surface area contributed by atoms with E-state index < -0.39 is 5.97 Å². The van der Waals surface area contributed by atoms with Crippen LogP contribution in [0.5, 0.6) is 0 Å². The summed E-state index contributed by atoms with van der Waals surface area (Å²) < 4.78 is 6.41. The number of aryl methyl sites for hydroxylation is 1. The van der Waals surface area contributed by atoms with Gasteiger partial charge >= 0.3 is 5.97 Å². The zero-order chi connectivity index (χ0) is 10.4. The van der Waals surface area contributed by atoms with Gasteiger partial charge in [-0.05, 0) is 6.92 Å². The molecule has 0 aromatic carbocycles. The van der Waals surface area contributed by atoms with E-state index in [-0.39, 0.29) is 5.82 Å². The van der Waals surface area contributed by atoms with E-state index in [2.05, 4.69) is 4.98 Å². The number of carbonyl (C=O) groups excluding carboxylic acids is 1. The second-order valence-corrected chi connectivity index (χ2v) is 2.57. The molecule has 0 bridgehead atoms. The predicted molar refractivity (Wildman–Crippen MR) is 48.4 cm³/mol. The lowest BCUT2D eigenvalue weighted by Gasteiger charge is -2.03. The van der Waals surface area contributed by atoms with Crippen LogP contribution in [0.2, 0.25) is 0 Å². The molecule has 74 valence electrons. The number of aromatic nitrogens is 2. The summed E-state index contributed by atoms with van der Waals surface area (Å²) in [5.74, 6) is -0.197. The van der Waals surface area contributed by atoms with Gasteiger partial charge < -0.3 is 9.30 Å². The fourth-order valence-corrected chi connectivity index (χ4v) is 1.05. The third kappa shape index (κ3) is 2.33. The lowest BCUT2D eigenvalue weighted by molar-refractivity contribution is 0.0506. The van der Waals surface area contributed by atoms with E-state index >= 15 is 0 Å². The molecule has 1 aromatic rings. The summed E-state index contributed by atoms with van der Waals surface area (Å²) in [5, 5.41) is 8.40. The molecule has 0 spiro atoms. The molecule has 0 amide bonds. The largest absolute Gasteiger partial charge is 0.460 e. The summed E-state index contributed by atoms with van der Waals surface area (Å²) in [6.07, 6.45) is 3.52. The first-order valence-electron chi connectivity index (χ1n) is 4.34. The minimum atomic E-state index is -0.449. The smallest absolute Gasteiger partial charge is 0.374 e. The first-order chi connectivity index (χ1) is 6.79. The molecule has 0 radical (unpaired) electrons. The normalized spacial score (nSPS) is 9.43. The number of imidazole rings is 1. The summed E-state index contributed by atoms with van der Waals surface area (Å²) in [6.45, 7) is 2.52. The molecule has 5 heteroatoms. The van der Waals surface area contributed by atoms with Crippen molar-refractivity contribution in [3.63, 3.8) is 0 Å². The van der Waals surface area contributed by atoms with Crippen LogP contribution >= 0.6 is 0 Å². The highest BCUT2D eigenvalue weighted by molar-refractivity contribution is 5.85. The molecule has 0 aliphatic carbocycles. The zero-order valence-electron chi connectivity index (χ0n) is 7.93. The van der Waals surface area contributed by atoms with E-state index in [0.717, 1.165) is 0 Å². The van der Waals surface area contributed by atoms with Crippen molar-refractivity contribution in [2.24, 2.45) is 0 Å². The molecular formula is C9H11N3O2. The molecular weight excluding hydrogens is 182 g/mol. The molecule has 0 saturated carbocycles. The number of ether oxygens (including phenoxy) is 1. The highest BCUT2D eigenvalue weighted by Gasteiger charge is 2.12. The number of hydrogen-bond acceptors (Lipinski definition) is 4. The minimum Gasteiger partial charge on any atom is -0.460 e. The van der Waals surface area contributed by atoms with Crippen molar-refractivity contribution in [1.82, 2.24) is 9.55 Å². The van der Waals surface area contributed by atoms with Crippen LogP contribution in [0, 0.1) is 11.3 Å². The van der Waals surface area contributed by atoms with Gasteiger partial charge in [0.1, 0.15) is 0 Å². The Morgan fingerprint density at radius 3 is 3.21 bits per heavy atom. The van der Waals surface area contributed by atoms with Crippen LogP contribution in [0.1, 0.15) is 24.0 Å². The van der Waals surface area contributed by atoms with Crippen molar-refractivity contribution in [1.29, 1.82) is 5.26 Å². The van der Waals surface area contributed by atoms with E-state index in [1.165, 1.54) is 6.20 Å². The van der Waals surface area contributed by atoms with Gasteiger partial charge in [-0.15, -0.1) is 0 Å². The highest BCUT2D eigenvalue weighted by Crippen LogP contribution is 2.01. The van der Waals surface area contributed by atoms with Crippen LogP contribution < -0.4 is 0 Å². The van der Waals surface area contributed by atoms with Crippen molar-refractivity contribution in [2.45, 2.75) is 19.9 Å². The Kier molecular flexibility index (Phi) is 3.68. The number of nitriles is 1. The number of nitrogens with zero attached hydrogens (tertiary/aromatic N) is 3. The van der Waals surface area contributed by atoms with Gasteiger partial charge in [0.05, 0.1) is 19.1 Å². The zero-order valence-corrected chi connectivity index (χ0v) is 7.93. The molecule has 14 heavy (non-hydrogen) atoms. The van der Waals surface area contributed by atoms with Crippen molar-refractivity contribution in [3.8, 4) is 6.07 Å². The SMILES string of the molecule is CCOC(=O)c1nccn1CCC#N. The predicted octanol–water partition coefficient (Wildman–Crippen LogP) is 0.973. The first kappa shape index (κ1) is 10.3. The Balaban J connectivity index is 2.72. The van der Waals surface area contributed by atoms with Gasteiger partial charge in [-0.1, -0.05) is 0 Å². The Morgan fingerprint density at radius 2 is 2.57 bits per heavy atom. The van der Waals surface area contributed by atoms with Gasteiger partial charge in [-0.25, -0.2) is 9.78 Å². The van der Waals surface area contributed by atoms with Gasteiger partial charge in [0.25, 0.3) is 0 Å². The van der Waals surface area contributed by atoms with Crippen molar-refractivity contribution < 1.29 is 9.53 Å². The quantitative estimate of drug-likeness (QED) is 0.668. The van der Waals surface area contributed by atoms with Gasteiger partial charge in [-0.2, -0.15) is 5.26 Å². The Hall–Kier alpha value is -1.83. The van der Waals surface area contributed by atoms with Crippen LogP contribution in [0.4, 0.5) is 0 Å². The fourth-order valence-electron chi connectivity index (χ4n) is 1.05. The van der Waals surface area contributed by atoms with E-state index in [0.29, 0.717) is 19.6 Å². The Morgan fingerprint density at radius 1 is 1.79 bits per heavy atom. The Labute approximate surface area is 81.9 Å². The molecule has 0 aliphatic rings. The fraction of sp³-hybridized carbons (Fsp3) is 0.444. The monoisotopic (exact) mass is 193 g/mol. The van der Waals surface area contributed by atoms with Crippen LogP contribution in [0.15, 0.2) is 12.4 Å². The summed E-state index contributed by atoms with van der Waals surface area (Å²) in [4.78, 5) is 15.2. The molecule has 0 saturated heterocycles. The maximum Gasteiger partial charge on any atom is 0.374 e. The lowest BCUT2D eigenvalue weighted by Crippen LogP contribution is -2.13. The standard InChI is InChI=1S/C9H11N3O2/c1-2-14-9(13)8-11-5-7-12(8)6-3-4-10/h5,7H,2-3,6H2,1H3. The number of rotatable bonds is 4. The Bertz CT molecular complexity index is 351. The minimum absolute atomic E-state index is 0.252. The summed E-state index contributed by atoms with van der Waals surface area (Å²) in [5.41, 5.74) is 0. The molecule has 1 heterocycles. The van der Waals surface area contributed by atoms with E-state index in [1.807, 2.05) is 6.07 Å². The van der Waals surface area contributed by atoms with Crippen LogP contribution in [0.3, 0.4) is 0 Å². The number of esters is 1. The molecule has 0 unspecified atom stereocenters. The number of hydrogen-bond donors (Lipinski definition) is 0. The molecule has 0 atom stereocenters. The molecule has 0 fully saturated rings. The molecule has 0 N–H and O–H groups in total. The molecule has 1 rings (SSSR count). The maximum atomic E-state index is 11.3. The summed E-state index contributed by atoms with van der Waals surface area (Å²) in [7, 11) is 0. The molecule has 5 nitrogen and oxygen atoms in total.